The molecule has 3 heteroatoms. The van der Waals surface area contributed by atoms with Gasteiger partial charge in [-0.25, -0.2) is 0 Å². The quantitative estimate of drug-likeness (QED) is 0.792. The Labute approximate surface area is 123 Å². The molecular weight excluding hydrogens is 264 g/mol. The molecule has 0 saturated carbocycles. The van der Waals surface area contributed by atoms with Crippen LogP contribution in [0.3, 0.4) is 0 Å². The second-order valence-corrected chi connectivity index (χ2v) is 5.58. The van der Waals surface area contributed by atoms with E-state index >= 15 is 0 Å². The zero-order chi connectivity index (χ0) is 14.2. The average molecular weight is 280 g/mol. The maximum atomic E-state index is 12.7. The molecule has 0 fully saturated rings. The minimum absolute atomic E-state index is 0.0677. The monoisotopic (exact) mass is 280 g/mol. The number of carbonyl (C=O) groups excluding carboxylic acids is 1. The summed E-state index contributed by atoms with van der Waals surface area (Å²) in [6.45, 7) is 2.03. The van der Waals surface area contributed by atoms with E-state index in [4.69, 9.17) is 9.47 Å². The Morgan fingerprint density at radius 3 is 2.57 bits per heavy atom. The second kappa shape index (κ2) is 5.01. The lowest BCUT2D eigenvalue weighted by molar-refractivity contribution is 0.103. The van der Waals surface area contributed by atoms with Crippen LogP contribution in [0.4, 0.5) is 0 Å². The molecule has 3 nitrogen and oxygen atoms in total. The molecule has 0 bridgehead atoms. The lowest BCUT2D eigenvalue weighted by Crippen LogP contribution is -2.10. The topological polar surface area (TPSA) is 35.5 Å². The van der Waals surface area contributed by atoms with E-state index in [9.17, 15) is 4.79 Å². The number of rotatable bonds is 2. The number of hydrogen-bond acceptors (Lipinski definition) is 3. The van der Waals surface area contributed by atoms with E-state index in [1.165, 1.54) is 5.56 Å². The minimum atomic E-state index is 0.0677. The fraction of sp³-hybridized carbons (Fsp3) is 0.278. The van der Waals surface area contributed by atoms with Crippen molar-refractivity contribution in [3.05, 3.63) is 64.2 Å². The van der Waals surface area contributed by atoms with Gasteiger partial charge in [0.05, 0.1) is 19.8 Å². The molecule has 0 saturated heterocycles. The Hall–Kier alpha value is -2.13. The van der Waals surface area contributed by atoms with Crippen LogP contribution in [0, 0.1) is 0 Å². The SMILES string of the molecule is O=C(c1ccc2c(c1)COC2)c1ccc2c(c1)CCCO2. The molecule has 0 spiro atoms. The zero-order valence-electron chi connectivity index (χ0n) is 11.7. The van der Waals surface area contributed by atoms with Crippen molar-refractivity contribution in [2.24, 2.45) is 0 Å². The van der Waals surface area contributed by atoms with E-state index in [-0.39, 0.29) is 5.78 Å². The van der Waals surface area contributed by atoms with Crippen molar-refractivity contribution in [1.29, 1.82) is 0 Å². The Morgan fingerprint density at radius 1 is 0.905 bits per heavy atom. The molecule has 4 rings (SSSR count). The van der Waals surface area contributed by atoms with Gasteiger partial charge in [-0.3, -0.25) is 4.79 Å². The van der Waals surface area contributed by atoms with Gasteiger partial charge in [0.15, 0.2) is 5.78 Å². The summed E-state index contributed by atoms with van der Waals surface area (Å²) in [5, 5.41) is 0. The van der Waals surface area contributed by atoms with Crippen molar-refractivity contribution >= 4 is 5.78 Å². The van der Waals surface area contributed by atoms with E-state index in [1.54, 1.807) is 0 Å². The van der Waals surface area contributed by atoms with Gasteiger partial charge >= 0.3 is 0 Å². The summed E-state index contributed by atoms with van der Waals surface area (Å²) in [7, 11) is 0. The number of ketones is 1. The first kappa shape index (κ1) is 12.6. The van der Waals surface area contributed by atoms with Crippen molar-refractivity contribution in [2.45, 2.75) is 26.1 Å². The Bertz CT molecular complexity index is 718. The van der Waals surface area contributed by atoms with Crippen molar-refractivity contribution in [3.8, 4) is 5.75 Å². The predicted molar refractivity (Wildman–Crippen MR) is 78.6 cm³/mol. The van der Waals surface area contributed by atoms with Gasteiger partial charge < -0.3 is 9.47 Å². The van der Waals surface area contributed by atoms with Crippen LogP contribution in [-0.2, 0) is 24.4 Å². The van der Waals surface area contributed by atoms with Gasteiger partial charge in [0.1, 0.15) is 5.75 Å². The van der Waals surface area contributed by atoms with Gasteiger partial charge in [0, 0.05) is 11.1 Å². The van der Waals surface area contributed by atoms with E-state index in [0.29, 0.717) is 13.2 Å². The van der Waals surface area contributed by atoms with E-state index in [0.717, 1.165) is 47.5 Å². The molecule has 0 aromatic heterocycles. The van der Waals surface area contributed by atoms with Crippen molar-refractivity contribution in [1.82, 2.24) is 0 Å². The molecule has 106 valence electrons. The van der Waals surface area contributed by atoms with Gasteiger partial charge in [-0.1, -0.05) is 12.1 Å². The van der Waals surface area contributed by atoms with Crippen LogP contribution < -0.4 is 4.74 Å². The van der Waals surface area contributed by atoms with Crippen LogP contribution in [0.5, 0.6) is 5.75 Å². The molecule has 2 aliphatic rings. The number of ether oxygens (including phenoxy) is 2. The molecule has 0 unspecified atom stereocenters. The highest BCUT2D eigenvalue weighted by Crippen LogP contribution is 2.27. The lowest BCUT2D eigenvalue weighted by Gasteiger charge is -2.17. The standard InChI is InChI=1S/C18H16O3/c19-18(13-3-4-15-10-20-11-16(15)9-13)14-5-6-17-12(8-14)2-1-7-21-17/h3-6,8-9H,1-2,7,10-11H2. The van der Waals surface area contributed by atoms with Crippen LogP contribution in [-0.4, -0.2) is 12.4 Å². The van der Waals surface area contributed by atoms with E-state index < -0.39 is 0 Å². The highest BCUT2D eigenvalue weighted by Gasteiger charge is 2.17. The van der Waals surface area contributed by atoms with Crippen LogP contribution >= 0.6 is 0 Å². The first-order chi connectivity index (χ1) is 10.3. The largest absolute Gasteiger partial charge is 0.493 e. The van der Waals surface area contributed by atoms with Crippen molar-refractivity contribution in [2.75, 3.05) is 6.61 Å². The third-order valence-electron chi connectivity index (χ3n) is 4.15. The van der Waals surface area contributed by atoms with Gasteiger partial charge in [0.25, 0.3) is 0 Å². The number of fused-ring (bicyclic) bond motifs is 2. The molecule has 0 radical (unpaired) electrons. The number of carbonyl (C=O) groups is 1. The van der Waals surface area contributed by atoms with Gasteiger partial charge in [-0.05, 0) is 53.8 Å². The smallest absolute Gasteiger partial charge is 0.193 e. The van der Waals surface area contributed by atoms with Crippen LogP contribution in [0.2, 0.25) is 0 Å². The maximum Gasteiger partial charge on any atom is 0.193 e. The predicted octanol–water partition coefficient (Wildman–Crippen LogP) is 3.27. The van der Waals surface area contributed by atoms with Crippen molar-refractivity contribution < 1.29 is 14.3 Å². The molecule has 2 aromatic rings. The summed E-state index contributed by atoms with van der Waals surface area (Å²) in [6.07, 6.45) is 2.00. The third kappa shape index (κ3) is 2.24. The fourth-order valence-electron chi connectivity index (χ4n) is 2.98. The number of hydrogen-bond donors (Lipinski definition) is 0. The molecule has 21 heavy (non-hydrogen) atoms. The summed E-state index contributed by atoms with van der Waals surface area (Å²) < 4.78 is 11.0. The van der Waals surface area contributed by atoms with E-state index in [1.807, 2.05) is 36.4 Å². The first-order valence-electron chi connectivity index (χ1n) is 7.31. The Balaban J connectivity index is 1.68. The second-order valence-electron chi connectivity index (χ2n) is 5.58. The Morgan fingerprint density at radius 2 is 1.67 bits per heavy atom. The molecule has 2 aliphatic heterocycles. The maximum absolute atomic E-state index is 12.7. The summed E-state index contributed by atoms with van der Waals surface area (Å²) >= 11 is 0. The zero-order valence-corrected chi connectivity index (χ0v) is 11.7. The fourth-order valence-corrected chi connectivity index (χ4v) is 2.98. The summed E-state index contributed by atoms with van der Waals surface area (Å²) in [5.74, 6) is 0.984. The average Bonchev–Trinajstić information content (AvgIpc) is 3.01. The summed E-state index contributed by atoms with van der Waals surface area (Å²) in [5.41, 5.74) is 4.91. The van der Waals surface area contributed by atoms with E-state index in [2.05, 4.69) is 0 Å². The third-order valence-corrected chi connectivity index (χ3v) is 4.15. The highest BCUT2D eigenvalue weighted by molar-refractivity contribution is 6.09. The van der Waals surface area contributed by atoms with Crippen molar-refractivity contribution in [3.63, 3.8) is 0 Å². The highest BCUT2D eigenvalue weighted by atomic mass is 16.5. The summed E-state index contributed by atoms with van der Waals surface area (Å²) in [6, 6.07) is 11.6. The van der Waals surface area contributed by atoms with Crippen LogP contribution in [0.25, 0.3) is 0 Å². The van der Waals surface area contributed by atoms with Gasteiger partial charge in [-0.2, -0.15) is 0 Å². The minimum Gasteiger partial charge on any atom is -0.493 e. The van der Waals surface area contributed by atoms with Crippen LogP contribution in [0.15, 0.2) is 36.4 Å². The molecule has 2 aromatic carbocycles. The van der Waals surface area contributed by atoms with Crippen LogP contribution in [0.1, 0.15) is 39.0 Å². The van der Waals surface area contributed by atoms with Gasteiger partial charge in [-0.15, -0.1) is 0 Å². The normalized spacial score (nSPS) is 16.0. The van der Waals surface area contributed by atoms with Gasteiger partial charge in [0.2, 0.25) is 0 Å². The molecule has 0 atom stereocenters. The number of benzene rings is 2. The molecular formula is C18H16O3. The Kier molecular flexibility index (Phi) is 3.00. The molecule has 0 amide bonds. The lowest BCUT2D eigenvalue weighted by atomic mass is 9.96. The number of aryl methyl sites for hydroxylation is 1. The molecule has 0 aliphatic carbocycles. The first-order valence-corrected chi connectivity index (χ1v) is 7.31. The molecule has 2 heterocycles. The molecule has 0 N–H and O–H groups in total. The summed E-state index contributed by atoms with van der Waals surface area (Å²) in [4.78, 5) is 12.7.